The minimum atomic E-state index is -0.975. The maximum atomic E-state index is 12.2. The zero-order valence-corrected chi connectivity index (χ0v) is 16.4. The monoisotopic (exact) mass is 397 g/mol. The van der Waals surface area contributed by atoms with Crippen molar-refractivity contribution in [2.24, 2.45) is 0 Å². The number of ether oxygens (including phenoxy) is 1. The van der Waals surface area contributed by atoms with Crippen molar-refractivity contribution in [1.82, 2.24) is 4.90 Å². The Kier molecular flexibility index (Phi) is 7.25. The third-order valence-corrected chi connectivity index (χ3v) is 5.30. The molecule has 0 aliphatic carbocycles. The lowest BCUT2D eigenvalue weighted by Gasteiger charge is -2.25. The fourth-order valence-electron chi connectivity index (χ4n) is 3.73. The molecule has 0 bridgehead atoms. The van der Waals surface area contributed by atoms with E-state index in [1.807, 2.05) is 35.2 Å². The number of carboxylic acid groups (broad SMARTS) is 1. The Balaban J connectivity index is 1.44. The van der Waals surface area contributed by atoms with E-state index in [2.05, 4.69) is 0 Å². The van der Waals surface area contributed by atoms with Crippen molar-refractivity contribution in [2.75, 3.05) is 13.2 Å². The summed E-state index contributed by atoms with van der Waals surface area (Å²) in [4.78, 5) is 25.0. The van der Waals surface area contributed by atoms with Crippen molar-refractivity contribution >= 4 is 11.9 Å². The molecular weight excluding hydrogens is 370 g/mol. The fraction of sp³-hybridized carbons (Fsp3) is 0.391. The van der Waals surface area contributed by atoms with Crippen LogP contribution in [0.1, 0.15) is 41.6 Å². The average molecular weight is 397 g/mol. The fourth-order valence-corrected chi connectivity index (χ4v) is 3.73. The molecular formula is C23H27NO5. The number of likely N-dealkylation sites (tertiary alicyclic amines) is 1. The average Bonchev–Trinajstić information content (AvgIpc) is 3.07. The Morgan fingerprint density at radius 2 is 1.86 bits per heavy atom. The van der Waals surface area contributed by atoms with Gasteiger partial charge >= 0.3 is 5.97 Å². The lowest BCUT2D eigenvalue weighted by molar-refractivity contribution is -0.129. The number of hydrogen-bond acceptors (Lipinski definition) is 4. The molecule has 154 valence electrons. The number of nitrogens with zero attached hydrogens (tertiary/aromatic N) is 1. The van der Waals surface area contributed by atoms with Crippen LogP contribution in [-0.2, 0) is 11.2 Å². The van der Waals surface area contributed by atoms with E-state index in [4.69, 9.17) is 9.84 Å². The van der Waals surface area contributed by atoms with Crippen LogP contribution in [0.2, 0.25) is 0 Å². The number of aliphatic hydroxyl groups excluding tert-OH is 1. The highest BCUT2D eigenvalue weighted by Gasteiger charge is 2.30. The van der Waals surface area contributed by atoms with Gasteiger partial charge in [-0.25, -0.2) is 4.79 Å². The zero-order chi connectivity index (χ0) is 20.6. The van der Waals surface area contributed by atoms with Gasteiger partial charge in [0.15, 0.2) is 0 Å². The number of aromatic carboxylic acids is 1. The summed E-state index contributed by atoms with van der Waals surface area (Å²) >= 11 is 0. The van der Waals surface area contributed by atoms with Crippen molar-refractivity contribution in [2.45, 2.75) is 44.2 Å². The largest absolute Gasteiger partial charge is 0.492 e. The quantitative estimate of drug-likeness (QED) is 0.643. The van der Waals surface area contributed by atoms with Gasteiger partial charge in [-0.15, -0.1) is 0 Å². The van der Waals surface area contributed by atoms with Crippen molar-refractivity contribution in [3.8, 4) is 5.75 Å². The molecule has 1 heterocycles. The van der Waals surface area contributed by atoms with Gasteiger partial charge in [0.25, 0.3) is 0 Å². The molecule has 1 aliphatic rings. The molecule has 0 aromatic heterocycles. The summed E-state index contributed by atoms with van der Waals surface area (Å²) in [6, 6.07) is 16.3. The summed E-state index contributed by atoms with van der Waals surface area (Å²) in [6.07, 6.45) is 2.97. The van der Waals surface area contributed by atoms with Crippen LogP contribution in [0.4, 0.5) is 0 Å². The lowest BCUT2D eigenvalue weighted by Crippen LogP contribution is -2.36. The summed E-state index contributed by atoms with van der Waals surface area (Å²) < 4.78 is 5.67. The summed E-state index contributed by atoms with van der Waals surface area (Å²) in [5.41, 5.74) is 1.32. The number of aliphatic hydroxyl groups is 1. The van der Waals surface area contributed by atoms with E-state index < -0.39 is 12.1 Å². The van der Waals surface area contributed by atoms with Crippen LogP contribution in [0.15, 0.2) is 54.6 Å². The first-order valence-electron chi connectivity index (χ1n) is 10.0. The summed E-state index contributed by atoms with van der Waals surface area (Å²) in [7, 11) is 0. The molecule has 1 amide bonds. The number of hydrogen-bond donors (Lipinski definition) is 2. The minimum absolute atomic E-state index is 0.123. The molecule has 6 heteroatoms. The Bertz CT molecular complexity index is 806. The molecule has 2 aromatic carbocycles. The Morgan fingerprint density at radius 3 is 2.55 bits per heavy atom. The molecule has 1 aliphatic heterocycles. The number of carbonyl (C=O) groups excluding carboxylic acids is 1. The van der Waals surface area contributed by atoms with Crippen LogP contribution in [0.25, 0.3) is 0 Å². The second-order valence-corrected chi connectivity index (χ2v) is 7.38. The molecule has 2 unspecified atom stereocenters. The van der Waals surface area contributed by atoms with Crippen LogP contribution in [0.5, 0.6) is 5.75 Å². The first kappa shape index (κ1) is 20.9. The van der Waals surface area contributed by atoms with Crippen molar-refractivity contribution < 1.29 is 24.5 Å². The minimum Gasteiger partial charge on any atom is -0.492 e. The Hall–Kier alpha value is -2.86. The van der Waals surface area contributed by atoms with E-state index >= 15 is 0 Å². The second-order valence-electron chi connectivity index (χ2n) is 7.38. The number of rotatable bonds is 10. The van der Waals surface area contributed by atoms with Crippen LogP contribution in [0, 0.1) is 0 Å². The molecule has 0 radical (unpaired) electrons. The van der Waals surface area contributed by atoms with Gasteiger partial charge in [0.2, 0.25) is 5.91 Å². The van der Waals surface area contributed by atoms with E-state index in [1.54, 1.807) is 12.1 Å². The van der Waals surface area contributed by atoms with Gasteiger partial charge in [-0.1, -0.05) is 30.3 Å². The van der Waals surface area contributed by atoms with E-state index in [-0.39, 0.29) is 17.5 Å². The molecule has 1 saturated heterocycles. The van der Waals surface area contributed by atoms with Crippen LogP contribution in [0.3, 0.4) is 0 Å². The van der Waals surface area contributed by atoms with Crippen LogP contribution in [-0.4, -0.2) is 52.3 Å². The maximum absolute atomic E-state index is 12.2. The highest BCUT2D eigenvalue weighted by molar-refractivity contribution is 5.87. The van der Waals surface area contributed by atoms with Gasteiger partial charge < -0.3 is 19.8 Å². The van der Waals surface area contributed by atoms with E-state index in [9.17, 15) is 14.7 Å². The van der Waals surface area contributed by atoms with E-state index in [0.717, 1.165) is 18.4 Å². The smallest absolute Gasteiger partial charge is 0.335 e. The molecule has 2 atom stereocenters. The summed E-state index contributed by atoms with van der Waals surface area (Å²) in [5, 5.41) is 19.3. The predicted octanol–water partition coefficient (Wildman–Crippen LogP) is 3.14. The third kappa shape index (κ3) is 6.06. The van der Waals surface area contributed by atoms with E-state index in [1.165, 1.54) is 12.1 Å². The van der Waals surface area contributed by atoms with Gasteiger partial charge in [-0.05, 0) is 55.5 Å². The second kappa shape index (κ2) is 10.1. The molecule has 0 spiro atoms. The Morgan fingerprint density at radius 1 is 1.14 bits per heavy atom. The van der Waals surface area contributed by atoms with Crippen LogP contribution >= 0.6 is 0 Å². The topological polar surface area (TPSA) is 87.1 Å². The number of benzene rings is 2. The first-order chi connectivity index (χ1) is 14.0. The Labute approximate surface area is 170 Å². The molecule has 29 heavy (non-hydrogen) atoms. The van der Waals surface area contributed by atoms with Gasteiger partial charge in [0, 0.05) is 12.5 Å². The van der Waals surface area contributed by atoms with Crippen LogP contribution < -0.4 is 4.74 Å². The molecule has 1 fully saturated rings. The number of carbonyl (C=O) groups is 2. The van der Waals surface area contributed by atoms with Crippen molar-refractivity contribution in [3.63, 3.8) is 0 Å². The highest BCUT2D eigenvalue weighted by Crippen LogP contribution is 2.24. The predicted molar refractivity (Wildman–Crippen MR) is 109 cm³/mol. The highest BCUT2D eigenvalue weighted by atomic mass is 16.5. The number of carboxylic acids is 1. The van der Waals surface area contributed by atoms with Gasteiger partial charge in [-0.3, -0.25) is 4.79 Å². The maximum Gasteiger partial charge on any atom is 0.335 e. The van der Waals surface area contributed by atoms with Gasteiger partial charge in [0.1, 0.15) is 12.4 Å². The zero-order valence-electron chi connectivity index (χ0n) is 16.4. The summed E-state index contributed by atoms with van der Waals surface area (Å²) in [6.45, 7) is 0.834. The molecule has 6 nitrogen and oxygen atoms in total. The summed E-state index contributed by atoms with van der Waals surface area (Å²) in [5.74, 6) is -0.273. The third-order valence-electron chi connectivity index (χ3n) is 5.30. The first-order valence-corrected chi connectivity index (χ1v) is 10.0. The normalized spacial score (nSPS) is 17.3. The van der Waals surface area contributed by atoms with Gasteiger partial charge in [-0.2, -0.15) is 0 Å². The number of amides is 1. The van der Waals surface area contributed by atoms with Crippen molar-refractivity contribution in [1.29, 1.82) is 0 Å². The standard InChI is InChI=1S/C23H27NO5/c25-20(16-17-4-2-1-3-5-17)10-8-19-9-13-22(26)24(19)14-15-29-21-11-6-18(7-12-21)23(27)28/h1-7,11-12,19-20,25H,8-10,13-16H2,(H,27,28). The molecule has 3 rings (SSSR count). The van der Waals surface area contributed by atoms with Gasteiger partial charge in [0.05, 0.1) is 18.2 Å². The lowest BCUT2D eigenvalue weighted by atomic mass is 10.0. The van der Waals surface area contributed by atoms with Crippen molar-refractivity contribution in [3.05, 3.63) is 65.7 Å². The SMILES string of the molecule is O=C(O)c1ccc(OCCN2C(=O)CCC2CCC(O)Cc2ccccc2)cc1. The van der Waals surface area contributed by atoms with E-state index in [0.29, 0.717) is 38.2 Å². The molecule has 2 N–H and O–H groups in total. The molecule has 2 aromatic rings. The molecule has 0 saturated carbocycles.